The molecule has 1 aromatic heterocycles. The number of benzene rings is 1. The van der Waals surface area contributed by atoms with Crippen LogP contribution in [0.25, 0.3) is 5.69 Å². The molecule has 0 bridgehead atoms. The Kier molecular flexibility index (Phi) is 5.27. The number of nitrogens with zero attached hydrogens (tertiary/aromatic N) is 5. The van der Waals surface area contributed by atoms with Crippen molar-refractivity contribution in [3.8, 4) is 11.4 Å². The summed E-state index contributed by atoms with van der Waals surface area (Å²) in [5, 5.41) is 21.5. The Morgan fingerprint density at radius 3 is 2.52 bits per heavy atom. The maximum absolute atomic E-state index is 12.8. The van der Waals surface area contributed by atoms with E-state index in [4.69, 9.17) is 0 Å². The van der Waals surface area contributed by atoms with Crippen LogP contribution in [0.4, 0.5) is 0 Å². The number of likely N-dealkylation sites (tertiary alicyclic amines) is 1. The van der Waals surface area contributed by atoms with E-state index in [9.17, 15) is 9.90 Å². The summed E-state index contributed by atoms with van der Waals surface area (Å²) >= 11 is 1.35. The molecule has 8 heteroatoms. The van der Waals surface area contributed by atoms with Gasteiger partial charge in [0.05, 0.1) is 10.9 Å². The number of piperidine rings is 1. The predicted octanol–water partition coefficient (Wildman–Crippen LogP) is 2.35. The molecule has 1 aliphatic heterocycles. The Balaban J connectivity index is 1.71. The van der Waals surface area contributed by atoms with E-state index < -0.39 is 0 Å². The number of carbonyl (C=O) groups is 1. The van der Waals surface area contributed by atoms with Crippen LogP contribution in [0.3, 0.4) is 0 Å². The van der Waals surface area contributed by atoms with Crippen LogP contribution in [0.15, 0.2) is 29.4 Å². The van der Waals surface area contributed by atoms with Gasteiger partial charge in [-0.2, -0.15) is 4.68 Å². The van der Waals surface area contributed by atoms with Crippen molar-refractivity contribution in [1.29, 1.82) is 0 Å². The standard InChI is InChI=1S/C17H23N5O2S/c1-11-8-12(2)10-21(9-11)16(24)13(3)25-17-18-19-20-22(17)14-4-6-15(23)7-5-14/h4-7,11-13,23H,8-10H2,1-3H3/t11-,12-,13+/m0/s1. The van der Waals surface area contributed by atoms with Crippen LogP contribution >= 0.6 is 11.8 Å². The van der Waals surface area contributed by atoms with Gasteiger partial charge in [-0.05, 0) is 59.9 Å². The molecule has 1 amide bonds. The van der Waals surface area contributed by atoms with E-state index in [1.807, 2.05) is 11.8 Å². The Morgan fingerprint density at radius 1 is 1.24 bits per heavy atom. The highest BCUT2D eigenvalue weighted by molar-refractivity contribution is 8.00. The van der Waals surface area contributed by atoms with Gasteiger partial charge in [0.2, 0.25) is 11.1 Å². The average Bonchev–Trinajstić information content (AvgIpc) is 3.02. The van der Waals surface area contributed by atoms with E-state index in [0.29, 0.717) is 17.0 Å². The predicted molar refractivity (Wildman–Crippen MR) is 95.7 cm³/mol. The fraction of sp³-hybridized carbons (Fsp3) is 0.529. The van der Waals surface area contributed by atoms with Gasteiger partial charge in [0.15, 0.2) is 0 Å². The molecule has 0 spiro atoms. The summed E-state index contributed by atoms with van der Waals surface area (Å²) in [4.78, 5) is 14.8. The van der Waals surface area contributed by atoms with E-state index in [1.54, 1.807) is 28.9 Å². The van der Waals surface area contributed by atoms with Crippen molar-refractivity contribution < 1.29 is 9.90 Å². The van der Waals surface area contributed by atoms with Crippen molar-refractivity contribution in [2.45, 2.75) is 37.6 Å². The molecule has 1 aromatic carbocycles. The molecule has 134 valence electrons. The molecule has 0 radical (unpaired) electrons. The van der Waals surface area contributed by atoms with E-state index >= 15 is 0 Å². The largest absolute Gasteiger partial charge is 0.508 e. The maximum atomic E-state index is 12.8. The molecule has 1 N–H and O–H groups in total. The van der Waals surface area contributed by atoms with Gasteiger partial charge in [-0.1, -0.05) is 25.6 Å². The number of hydrogen-bond donors (Lipinski definition) is 1. The first-order valence-corrected chi connectivity index (χ1v) is 9.35. The zero-order valence-corrected chi connectivity index (χ0v) is 15.5. The molecule has 0 saturated carbocycles. The van der Waals surface area contributed by atoms with Crippen molar-refractivity contribution >= 4 is 17.7 Å². The normalized spacial score (nSPS) is 22.0. The highest BCUT2D eigenvalue weighted by Gasteiger charge is 2.29. The molecular formula is C17H23N5O2S. The van der Waals surface area contributed by atoms with Crippen molar-refractivity contribution in [3.05, 3.63) is 24.3 Å². The molecule has 1 fully saturated rings. The summed E-state index contributed by atoms with van der Waals surface area (Å²) < 4.78 is 1.58. The third kappa shape index (κ3) is 4.12. The lowest BCUT2D eigenvalue weighted by Crippen LogP contribution is -2.45. The van der Waals surface area contributed by atoms with E-state index in [-0.39, 0.29) is 16.9 Å². The number of phenolic OH excluding ortho intramolecular Hbond substituents is 1. The number of phenols is 1. The second kappa shape index (κ2) is 7.43. The van der Waals surface area contributed by atoms with Crippen molar-refractivity contribution in [1.82, 2.24) is 25.1 Å². The molecule has 25 heavy (non-hydrogen) atoms. The van der Waals surface area contributed by atoms with Gasteiger partial charge in [0.25, 0.3) is 0 Å². The minimum atomic E-state index is -0.264. The van der Waals surface area contributed by atoms with Gasteiger partial charge in [-0.25, -0.2) is 0 Å². The summed E-state index contributed by atoms with van der Waals surface area (Å²) in [6, 6.07) is 6.62. The fourth-order valence-electron chi connectivity index (χ4n) is 3.32. The number of amides is 1. The summed E-state index contributed by atoms with van der Waals surface area (Å²) in [7, 11) is 0. The van der Waals surface area contributed by atoms with Crippen molar-refractivity contribution in [2.75, 3.05) is 13.1 Å². The lowest BCUT2D eigenvalue weighted by molar-refractivity contribution is -0.132. The van der Waals surface area contributed by atoms with Crippen LogP contribution in [0.1, 0.15) is 27.2 Å². The molecule has 3 atom stereocenters. The molecule has 0 aliphatic carbocycles. The number of aromatic nitrogens is 4. The van der Waals surface area contributed by atoms with Gasteiger partial charge in [0.1, 0.15) is 5.75 Å². The number of tetrazole rings is 1. The number of thioether (sulfide) groups is 1. The summed E-state index contributed by atoms with van der Waals surface area (Å²) in [5.74, 6) is 1.38. The number of hydrogen-bond acceptors (Lipinski definition) is 6. The zero-order valence-electron chi connectivity index (χ0n) is 14.7. The smallest absolute Gasteiger partial charge is 0.235 e. The van der Waals surface area contributed by atoms with Crippen LogP contribution < -0.4 is 0 Å². The maximum Gasteiger partial charge on any atom is 0.235 e. The summed E-state index contributed by atoms with van der Waals surface area (Å²) in [5.41, 5.74) is 0.741. The third-order valence-corrected chi connectivity index (χ3v) is 5.37. The minimum absolute atomic E-state index is 0.128. The van der Waals surface area contributed by atoms with Crippen LogP contribution in [0.2, 0.25) is 0 Å². The molecule has 0 unspecified atom stereocenters. The first-order valence-electron chi connectivity index (χ1n) is 8.47. The summed E-state index contributed by atoms with van der Waals surface area (Å²) in [6.07, 6.45) is 1.17. The first kappa shape index (κ1) is 17.7. The van der Waals surface area contributed by atoms with Crippen LogP contribution in [0, 0.1) is 11.8 Å². The van der Waals surface area contributed by atoms with Gasteiger partial charge in [-0.3, -0.25) is 4.79 Å². The Hall–Kier alpha value is -2.09. The molecule has 7 nitrogen and oxygen atoms in total. The molecule has 2 aromatic rings. The molecule has 3 rings (SSSR count). The van der Waals surface area contributed by atoms with E-state index in [2.05, 4.69) is 29.4 Å². The van der Waals surface area contributed by atoms with Gasteiger partial charge >= 0.3 is 0 Å². The highest BCUT2D eigenvalue weighted by Crippen LogP contribution is 2.27. The first-order chi connectivity index (χ1) is 11.9. The molecule has 1 saturated heterocycles. The van der Waals surface area contributed by atoms with Crippen molar-refractivity contribution in [3.63, 3.8) is 0 Å². The average molecular weight is 361 g/mol. The monoisotopic (exact) mass is 361 g/mol. The second-order valence-electron chi connectivity index (χ2n) is 6.84. The third-order valence-electron chi connectivity index (χ3n) is 4.35. The molecular weight excluding hydrogens is 338 g/mol. The van der Waals surface area contributed by atoms with Crippen LogP contribution in [-0.2, 0) is 4.79 Å². The lowest BCUT2D eigenvalue weighted by atomic mass is 9.92. The Morgan fingerprint density at radius 2 is 1.88 bits per heavy atom. The Labute approximate surface area is 151 Å². The number of aromatic hydroxyl groups is 1. The van der Waals surface area contributed by atoms with E-state index in [1.165, 1.54) is 18.2 Å². The van der Waals surface area contributed by atoms with Crippen LogP contribution in [-0.4, -0.2) is 54.5 Å². The van der Waals surface area contributed by atoms with E-state index in [0.717, 1.165) is 18.8 Å². The number of carbonyl (C=O) groups excluding carboxylic acids is 1. The minimum Gasteiger partial charge on any atom is -0.508 e. The SMILES string of the molecule is C[C@H]1C[C@H](C)CN(C(=O)[C@@H](C)Sc2nnnn2-c2ccc(O)cc2)C1. The molecule has 2 heterocycles. The van der Waals surface area contributed by atoms with Crippen LogP contribution in [0.5, 0.6) is 5.75 Å². The molecule has 1 aliphatic rings. The second-order valence-corrected chi connectivity index (χ2v) is 8.15. The lowest BCUT2D eigenvalue weighted by Gasteiger charge is -2.36. The quantitative estimate of drug-likeness (QED) is 0.842. The van der Waals surface area contributed by atoms with Gasteiger partial charge in [-0.15, -0.1) is 5.10 Å². The summed E-state index contributed by atoms with van der Waals surface area (Å²) in [6.45, 7) is 7.92. The zero-order chi connectivity index (χ0) is 18.0. The van der Waals surface area contributed by atoms with Gasteiger partial charge in [0, 0.05) is 13.1 Å². The topological polar surface area (TPSA) is 84.1 Å². The Bertz CT molecular complexity index is 723. The van der Waals surface area contributed by atoms with Gasteiger partial charge < -0.3 is 10.0 Å². The van der Waals surface area contributed by atoms with Crippen molar-refractivity contribution in [2.24, 2.45) is 11.8 Å². The fourth-order valence-corrected chi connectivity index (χ4v) is 4.21. The highest BCUT2D eigenvalue weighted by atomic mass is 32.2. The number of rotatable bonds is 4.